The first-order chi connectivity index (χ1) is 10.6. The summed E-state index contributed by atoms with van der Waals surface area (Å²) in [5.74, 6) is -0.698. The molecule has 116 valence electrons. The van der Waals surface area contributed by atoms with E-state index < -0.39 is 11.9 Å². The van der Waals surface area contributed by atoms with Crippen molar-refractivity contribution in [2.45, 2.75) is 26.3 Å². The van der Waals surface area contributed by atoms with E-state index in [-0.39, 0.29) is 19.1 Å². The number of anilines is 1. The summed E-state index contributed by atoms with van der Waals surface area (Å²) in [6, 6.07) is 7.52. The van der Waals surface area contributed by atoms with Gasteiger partial charge in [-0.3, -0.25) is 9.59 Å². The van der Waals surface area contributed by atoms with E-state index in [0.29, 0.717) is 0 Å². The second-order valence-electron chi connectivity index (χ2n) is 4.96. The summed E-state index contributed by atoms with van der Waals surface area (Å²) >= 11 is 0. The Morgan fingerprint density at radius 2 is 2.09 bits per heavy atom. The molecule has 8 nitrogen and oxygen atoms in total. The lowest BCUT2D eigenvalue weighted by Crippen LogP contribution is -2.23. The molecule has 1 heterocycles. The van der Waals surface area contributed by atoms with Crippen LogP contribution < -0.4 is 5.32 Å². The van der Waals surface area contributed by atoms with Crippen LogP contribution in [0.25, 0.3) is 0 Å². The van der Waals surface area contributed by atoms with Gasteiger partial charge in [0.2, 0.25) is 0 Å². The minimum atomic E-state index is -0.584. The van der Waals surface area contributed by atoms with Crippen molar-refractivity contribution in [2.24, 2.45) is 0 Å². The summed E-state index contributed by atoms with van der Waals surface area (Å²) in [4.78, 5) is 23.4. The number of ether oxygens (including phenoxy) is 1. The van der Waals surface area contributed by atoms with Gasteiger partial charge in [0.05, 0.1) is 0 Å². The number of tetrazole rings is 1. The summed E-state index contributed by atoms with van der Waals surface area (Å²) in [6.07, 6.45) is 1.29. The van der Waals surface area contributed by atoms with Crippen molar-refractivity contribution >= 4 is 17.6 Å². The number of amides is 1. The Labute approximate surface area is 127 Å². The van der Waals surface area contributed by atoms with Crippen molar-refractivity contribution in [3.8, 4) is 0 Å². The standard InChI is InChI=1S/C14H17N5O3/c1-10(2)11-5-3-4-6-12(11)16-13(20)8-22-14(21)7-19-9-15-17-18-19/h3-6,9-10H,7-8H2,1-2H3,(H,16,20). The number of aromatic nitrogens is 4. The van der Waals surface area contributed by atoms with Crippen molar-refractivity contribution in [3.63, 3.8) is 0 Å². The van der Waals surface area contributed by atoms with Crippen LogP contribution in [-0.4, -0.2) is 38.7 Å². The van der Waals surface area contributed by atoms with Gasteiger partial charge in [0.25, 0.3) is 5.91 Å². The zero-order valence-corrected chi connectivity index (χ0v) is 12.4. The molecule has 1 N–H and O–H groups in total. The van der Waals surface area contributed by atoms with Gasteiger partial charge in [0, 0.05) is 5.69 Å². The fourth-order valence-electron chi connectivity index (χ4n) is 1.88. The lowest BCUT2D eigenvalue weighted by atomic mass is 10.0. The van der Waals surface area contributed by atoms with E-state index in [1.54, 1.807) is 0 Å². The highest BCUT2D eigenvalue weighted by Gasteiger charge is 2.12. The minimum Gasteiger partial charge on any atom is -0.454 e. The number of carbonyl (C=O) groups is 2. The molecule has 2 rings (SSSR count). The van der Waals surface area contributed by atoms with Gasteiger partial charge in [0.1, 0.15) is 12.9 Å². The van der Waals surface area contributed by atoms with Gasteiger partial charge in [-0.15, -0.1) is 5.10 Å². The lowest BCUT2D eigenvalue weighted by molar-refractivity contribution is -0.148. The van der Waals surface area contributed by atoms with E-state index in [0.717, 1.165) is 11.3 Å². The molecule has 22 heavy (non-hydrogen) atoms. The van der Waals surface area contributed by atoms with Crippen LogP contribution in [-0.2, 0) is 20.9 Å². The average molecular weight is 303 g/mol. The maximum Gasteiger partial charge on any atom is 0.328 e. The Morgan fingerprint density at radius 1 is 1.32 bits per heavy atom. The van der Waals surface area contributed by atoms with E-state index in [1.807, 2.05) is 38.1 Å². The molecule has 0 saturated heterocycles. The van der Waals surface area contributed by atoms with Gasteiger partial charge in [-0.2, -0.15) is 0 Å². The number of para-hydroxylation sites is 1. The van der Waals surface area contributed by atoms with Crippen LogP contribution in [0.15, 0.2) is 30.6 Å². The van der Waals surface area contributed by atoms with Crippen molar-refractivity contribution < 1.29 is 14.3 Å². The van der Waals surface area contributed by atoms with Gasteiger partial charge < -0.3 is 10.1 Å². The number of esters is 1. The summed E-state index contributed by atoms with van der Waals surface area (Å²) in [5.41, 5.74) is 1.75. The minimum absolute atomic E-state index is 0.136. The topological polar surface area (TPSA) is 99.0 Å². The predicted molar refractivity (Wildman–Crippen MR) is 77.9 cm³/mol. The molecule has 0 unspecified atom stereocenters. The van der Waals surface area contributed by atoms with E-state index in [9.17, 15) is 9.59 Å². The number of nitrogens with zero attached hydrogens (tertiary/aromatic N) is 4. The highest BCUT2D eigenvalue weighted by molar-refractivity contribution is 5.93. The first kappa shape index (κ1) is 15.6. The molecule has 1 amide bonds. The van der Waals surface area contributed by atoms with E-state index >= 15 is 0 Å². The maximum atomic E-state index is 11.9. The zero-order valence-electron chi connectivity index (χ0n) is 12.4. The first-order valence-electron chi connectivity index (χ1n) is 6.81. The third-order valence-corrected chi connectivity index (χ3v) is 2.90. The zero-order chi connectivity index (χ0) is 15.9. The molecule has 8 heteroatoms. The van der Waals surface area contributed by atoms with Crippen molar-refractivity contribution in [1.82, 2.24) is 20.2 Å². The lowest BCUT2D eigenvalue weighted by Gasteiger charge is -2.13. The third-order valence-electron chi connectivity index (χ3n) is 2.90. The second kappa shape index (κ2) is 7.30. The Bertz CT molecular complexity index is 640. The summed E-state index contributed by atoms with van der Waals surface area (Å²) in [5, 5.41) is 13.1. The fraction of sp³-hybridized carbons (Fsp3) is 0.357. The van der Waals surface area contributed by atoms with Crippen molar-refractivity contribution in [1.29, 1.82) is 0 Å². The van der Waals surface area contributed by atoms with Crippen LogP contribution in [0.5, 0.6) is 0 Å². The number of benzene rings is 1. The average Bonchev–Trinajstić information content (AvgIpc) is 2.98. The predicted octanol–water partition coefficient (Wildman–Crippen LogP) is 0.978. The first-order valence-corrected chi connectivity index (χ1v) is 6.81. The molecule has 0 aliphatic carbocycles. The number of carbonyl (C=O) groups excluding carboxylic acids is 2. The third kappa shape index (κ3) is 4.37. The molecule has 0 fully saturated rings. The molecule has 0 aliphatic rings. The van der Waals surface area contributed by atoms with Gasteiger partial charge in [-0.1, -0.05) is 32.0 Å². The van der Waals surface area contributed by atoms with E-state index in [4.69, 9.17) is 4.74 Å². The van der Waals surface area contributed by atoms with Crippen LogP contribution >= 0.6 is 0 Å². The van der Waals surface area contributed by atoms with Crippen molar-refractivity contribution in [3.05, 3.63) is 36.2 Å². The summed E-state index contributed by atoms with van der Waals surface area (Å²) < 4.78 is 6.10. The fourth-order valence-corrected chi connectivity index (χ4v) is 1.88. The largest absolute Gasteiger partial charge is 0.454 e. The highest BCUT2D eigenvalue weighted by atomic mass is 16.5. The number of hydrogen-bond acceptors (Lipinski definition) is 6. The monoisotopic (exact) mass is 303 g/mol. The quantitative estimate of drug-likeness (QED) is 0.799. The molecule has 0 aliphatic heterocycles. The molecule has 1 aromatic heterocycles. The Morgan fingerprint density at radius 3 is 2.77 bits per heavy atom. The molecule has 2 aromatic rings. The van der Waals surface area contributed by atoms with E-state index in [2.05, 4.69) is 20.8 Å². The smallest absolute Gasteiger partial charge is 0.328 e. The summed E-state index contributed by atoms with van der Waals surface area (Å²) in [7, 11) is 0. The molecule has 1 aromatic carbocycles. The molecular formula is C14H17N5O3. The highest BCUT2D eigenvalue weighted by Crippen LogP contribution is 2.23. The van der Waals surface area contributed by atoms with Crippen LogP contribution in [0.1, 0.15) is 25.3 Å². The molecule has 0 saturated carbocycles. The maximum absolute atomic E-state index is 11.9. The normalized spacial score (nSPS) is 10.5. The Kier molecular flexibility index (Phi) is 5.18. The molecule has 0 radical (unpaired) electrons. The number of hydrogen-bond donors (Lipinski definition) is 1. The van der Waals surface area contributed by atoms with Gasteiger partial charge in [-0.05, 0) is 28.0 Å². The SMILES string of the molecule is CC(C)c1ccccc1NC(=O)COC(=O)Cn1cnnn1. The molecule has 0 spiro atoms. The van der Waals surface area contributed by atoms with Gasteiger partial charge >= 0.3 is 5.97 Å². The Hall–Kier alpha value is -2.77. The van der Waals surface area contributed by atoms with Gasteiger partial charge in [-0.25, -0.2) is 4.68 Å². The van der Waals surface area contributed by atoms with E-state index in [1.165, 1.54) is 11.0 Å². The number of nitrogens with one attached hydrogen (secondary N) is 1. The van der Waals surface area contributed by atoms with Crippen LogP contribution in [0.3, 0.4) is 0 Å². The van der Waals surface area contributed by atoms with Crippen LogP contribution in [0, 0.1) is 0 Å². The second-order valence-corrected chi connectivity index (χ2v) is 4.96. The van der Waals surface area contributed by atoms with Gasteiger partial charge in [0.15, 0.2) is 6.61 Å². The molecule has 0 bridgehead atoms. The van der Waals surface area contributed by atoms with Crippen LogP contribution in [0.4, 0.5) is 5.69 Å². The Balaban J connectivity index is 1.84. The molecular weight excluding hydrogens is 286 g/mol. The summed E-state index contributed by atoms with van der Waals surface area (Å²) in [6.45, 7) is 3.59. The van der Waals surface area contributed by atoms with Crippen LogP contribution in [0.2, 0.25) is 0 Å². The number of rotatable bonds is 6. The molecule has 0 atom stereocenters. The van der Waals surface area contributed by atoms with Crippen molar-refractivity contribution in [2.75, 3.05) is 11.9 Å².